The van der Waals surface area contributed by atoms with Crippen molar-refractivity contribution in [1.29, 1.82) is 0 Å². The number of alkyl halides is 1. The molecule has 2 aromatic rings. The van der Waals surface area contributed by atoms with Gasteiger partial charge in [0.2, 0.25) is 0 Å². The number of likely N-dealkylation sites (tertiary alicyclic amines) is 2. The number of halogens is 4. The van der Waals surface area contributed by atoms with Crippen LogP contribution in [-0.2, 0) is 16.1 Å². The summed E-state index contributed by atoms with van der Waals surface area (Å²) in [5.74, 6) is -1.19. The van der Waals surface area contributed by atoms with Crippen molar-refractivity contribution in [2.24, 2.45) is 5.92 Å². The van der Waals surface area contributed by atoms with E-state index in [0.29, 0.717) is 34.9 Å². The largest absolute Gasteiger partial charge is 0.493 e. The fourth-order valence-electron chi connectivity index (χ4n) is 5.52. The number of rotatable bonds is 8. The number of hydrogen-bond acceptors (Lipinski definition) is 5. The first-order chi connectivity index (χ1) is 18.7. The van der Waals surface area contributed by atoms with Crippen LogP contribution in [0.2, 0.25) is 10.0 Å². The lowest BCUT2D eigenvalue weighted by molar-refractivity contribution is -0.145. The van der Waals surface area contributed by atoms with Crippen molar-refractivity contribution in [3.63, 3.8) is 0 Å². The van der Waals surface area contributed by atoms with E-state index in [9.17, 15) is 14.0 Å². The standard InChI is InChI=1S/C29H32Cl2F2N2O4/c1-38-29(37)26-11-19(32)14-35(26)28(36)21-12-20(18-5-6-18)27(13-25(21)33)39-16-17-7-9-34(10-8-17)15-22-23(30)3-2-4-24(22)31/h2-4,12-13,17-19,26H,5-11,14-16H2,1H3/t19-,26+/m1/s1. The molecular formula is C29H32Cl2F2N2O4. The molecule has 1 amide bonds. The molecule has 0 N–H and O–H groups in total. The predicted molar refractivity (Wildman–Crippen MR) is 145 cm³/mol. The lowest BCUT2D eigenvalue weighted by Gasteiger charge is -2.32. The van der Waals surface area contributed by atoms with Gasteiger partial charge in [0.15, 0.2) is 0 Å². The average molecular weight is 581 g/mol. The molecule has 0 unspecified atom stereocenters. The van der Waals surface area contributed by atoms with Crippen LogP contribution in [0.3, 0.4) is 0 Å². The third-order valence-electron chi connectivity index (χ3n) is 7.96. The van der Waals surface area contributed by atoms with Crippen molar-refractivity contribution in [3.8, 4) is 5.75 Å². The molecule has 39 heavy (non-hydrogen) atoms. The third-order valence-corrected chi connectivity index (χ3v) is 8.66. The fraction of sp³-hybridized carbons (Fsp3) is 0.517. The number of hydrogen-bond donors (Lipinski definition) is 0. The van der Waals surface area contributed by atoms with E-state index in [1.165, 1.54) is 19.2 Å². The van der Waals surface area contributed by atoms with E-state index in [1.807, 2.05) is 18.2 Å². The maximum absolute atomic E-state index is 15.2. The molecule has 0 spiro atoms. The molecule has 5 rings (SSSR count). The number of nitrogens with zero attached hydrogens (tertiary/aromatic N) is 2. The van der Waals surface area contributed by atoms with E-state index in [2.05, 4.69) is 4.90 Å². The molecule has 1 saturated carbocycles. The van der Waals surface area contributed by atoms with E-state index < -0.39 is 29.9 Å². The molecule has 1 aliphatic carbocycles. The Bertz CT molecular complexity index is 1210. The van der Waals surface area contributed by atoms with Crippen LogP contribution in [0.4, 0.5) is 8.78 Å². The molecule has 0 aromatic heterocycles. The summed E-state index contributed by atoms with van der Waals surface area (Å²) in [6.07, 6.45) is 2.20. The first kappa shape index (κ1) is 28.1. The lowest BCUT2D eigenvalue weighted by Crippen LogP contribution is -2.41. The number of methoxy groups -OCH3 is 1. The van der Waals surface area contributed by atoms with Crippen LogP contribution in [0.15, 0.2) is 30.3 Å². The van der Waals surface area contributed by atoms with E-state index in [1.54, 1.807) is 0 Å². The van der Waals surface area contributed by atoms with Gasteiger partial charge in [-0.05, 0) is 74.4 Å². The SMILES string of the molecule is COC(=O)[C@@H]1C[C@@H](F)CN1C(=O)c1cc(C2CC2)c(OCC2CCN(Cc3c(Cl)cccc3Cl)CC2)cc1F. The molecule has 0 radical (unpaired) electrons. The van der Waals surface area contributed by atoms with E-state index in [0.717, 1.165) is 54.8 Å². The summed E-state index contributed by atoms with van der Waals surface area (Å²) in [5.41, 5.74) is 1.55. The van der Waals surface area contributed by atoms with Crippen LogP contribution in [0.5, 0.6) is 5.75 Å². The number of amides is 1. The summed E-state index contributed by atoms with van der Waals surface area (Å²) in [7, 11) is 1.19. The minimum atomic E-state index is -1.36. The van der Waals surface area contributed by atoms with Gasteiger partial charge in [-0.15, -0.1) is 0 Å². The topological polar surface area (TPSA) is 59.1 Å². The van der Waals surface area contributed by atoms with Crippen LogP contribution in [-0.4, -0.2) is 67.2 Å². The van der Waals surface area contributed by atoms with Gasteiger partial charge < -0.3 is 14.4 Å². The van der Waals surface area contributed by atoms with E-state index in [-0.39, 0.29) is 24.4 Å². The second kappa shape index (κ2) is 12.0. The van der Waals surface area contributed by atoms with Gasteiger partial charge in [0, 0.05) is 34.6 Å². The van der Waals surface area contributed by atoms with Crippen molar-refractivity contribution >= 4 is 35.1 Å². The Hall–Kier alpha value is -2.42. The Morgan fingerprint density at radius 1 is 1.08 bits per heavy atom. The van der Waals surface area contributed by atoms with E-state index >= 15 is 4.39 Å². The highest BCUT2D eigenvalue weighted by Crippen LogP contribution is 2.45. The van der Waals surface area contributed by atoms with Crippen molar-refractivity contribution in [1.82, 2.24) is 9.80 Å². The zero-order chi connectivity index (χ0) is 27.7. The highest BCUT2D eigenvalue weighted by molar-refractivity contribution is 6.35. The van der Waals surface area contributed by atoms with Gasteiger partial charge in [0.25, 0.3) is 5.91 Å². The fourth-order valence-corrected chi connectivity index (χ4v) is 6.04. The van der Waals surface area contributed by atoms with Crippen LogP contribution in [0.1, 0.15) is 59.5 Å². The number of benzene rings is 2. The third kappa shape index (κ3) is 6.34. The predicted octanol–water partition coefficient (Wildman–Crippen LogP) is 6.03. The molecule has 3 fully saturated rings. The molecule has 3 aliphatic rings. The van der Waals surface area contributed by atoms with Crippen LogP contribution < -0.4 is 4.74 Å². The zero-order valence-corrected chi connectivity index (χ0v) is 23.3. The lowest BCUT2D eigenvalue weighted by atomic mass is 9.97. The molecule has 10 heteroatoms. The van der Waals surface area contributed by atoms with Gasteiger partial charge in [-0.1, -0.05) is 29.3 Å². The Balaban J connectivity index is 1.23. The monoisotopic (exact) mass is 580 g/mol. The van der Waals surface area contributed by atoms with Gasteiger partial charge in [-0.25, -0.2) is 13.6 Å². The minimum absolute atomic E-state index is 0.152. The molecule has 2 saturated heterocycles. The molecule has 2 heterocycles. The second-order valence-corrected chi connectivity index (χ2v) is 11.5. The number of piperidine rings is 1. The van der Waals surface area contributed by atoms with Crippen molar-refractivity contribution in [3.05, 3.63) is 62.9 Å². The molecule has 210 valence electrons. The Kier molecular flexibility index (Phi) is 8.64. The van der Waals surface area contributed by atoms with E-state index in [4.69, 9.17) is 32.7 Å². The summed E-state index contributed by atoms with van der Waals surface area (Å²) < 4.78 is 40.2. The Morgan fingerprint density at radius 3 is 2.41 bits per heavy atom. The maximum Gasteiger partial charge on any atom is 0.328 e. The Labute approximate surface area is 237 Å². The van der Waals surface area contributed by atoms with Gasteiger partial charge in [0.1, 0.15) is 23.8 Å². The maximum atomic E-state index is 15.2. The second-order valence-electron chi connectivity index (χ2n) is 10.7. The zero-order valence-electron chi connectivity index (χ0n) is 21.8. The smallest absolute Gasteiger partial charge is 0.328 e. The first-order valence-corrected chi connectivity index (χ1v) is 14.1. The number of ether oxygens (including phenoxy) is 2. The summed E-state index contributed by atoms with van der Waals surface area (Å²) in [6, 6.07) is 7.27. The van der Waals surface area contributed by atoms with Gasteiger partial charge in [0.05, 0.1) is 25.8 Å². The summed E-state index contributed by atoms with van der Waals surface area (Å²) in [4.78, 5) is 28.7. The molecule has 2 atom stereocenters. The average Bonchev–Trinajstić information content (AvgIpc) is 3.70. The van der Waals surface area contributed by atoms with Crippen molar-refractivity contribution in [2.45, 2.75) is 56.8 Å². The van der Waals surface area contributed by atoms with Gasteiger partial charge in [-0.3, -0.25) is 9.69 Å². The molecule has 2 aromatic carbocycles. The molecular weight excluding hydrogens is 549 g/mol. The minimum Gasteiger partial charge on any atom is -0.493 e. The summed E-state index contributed by atoms with van der Waals surface area (Å²) in [5, 5.41) is 1.33. The Morgan fingerprint density at radius 2 is 1.77 bits per heavy atom. The van der Waals surface area contributed by atoms with Crippen LogP contribution in [0, 0.1) is 11.7 Å². The normalized spacial score (nSPS) is 22.2. The van der Waals surface area contributed by atoms with Crippen LogP contribution >= 0.6 is 23.2 Å². The quantitative estimate of drug-likeness (QED) is 0.357. The summed E-state index contributed by atoms with van der Waals surface area (Å²) >= 11 is 12.7. The van der Waals surface area contributed by atoms with Crippen molar-refractivity contribution in [2.75, 3.05) is 33.4 Å². The van der Waals surface area contributed by atoms with Gasteiger partial charge >= 0.3 is 5.97 Å². The number of carbonyl (C=O) groups excluding carboxylic acids is 2. The molecule has 6 nitrogen and oxygen atoms in total. The summed E-state index contributed by atoms with van der Waals surface area (Å²) in [6.45, 7) is 2.62. The highest BCUT2D eigenvalue weighted by atomic mass is 35.5. The molecule has 2 aliphatic heterocycles. The molecule has 0 bridgehead atoms. The van der Waals surface area contributed by atoms with Gasteiger partial charge in [-0.2, -0.15) is 0 Å². The first-order valence-electron chi connectivity index (χ1n) is 13.4. The van der Waals surface area contributed by atoms with Crippen molar-refractivity contribution < 1.29 is 27.8 Å². The van der Waals surface area contributed by atoms with Crippen LogP contribution in [0.25, 0.3) is 0 Å². The number of esters is 1. The number of carbonyl (C=O) groups is 2. The highest BCUT2D eigenvalue weighted by Gasteiger charge is 2.42.